The minimum atomic E-state index is -0.507. The minimum Gasteiger partial charge on any atom is -0.322 e. The summed E-state index contributed by atoms with van der Waals surface area (Å²) < 4.78 is 13.6. The summed E-state index contributed by atoms with van der Waals surface area (Å²) in [6.45, 7) is 3.36. The SMILES string of the molecule is CC1CCCCN1CC(=O)Nc1ccc(Cl)cc1F. The number of anilines is 1. The minimum absolute atomic E-state index is 0.180. The van der Waals surface area contributed by atoms with Gasteiger partial charge in [0.1, 0.15) is 5.82 Å². The van der Waals surface area contributed by atoms with E-state index in [4.69, 9.17) is 11.6 Å². The number of carbonyl (C=O) groups is 1. The fourth-order valence-corrected chi connectivity index (χ4v) is 2.52. The van der Waals surface area contributed by atoms with Gasteiger partial charge in [-0.2, -0.15) is 0 Å². The summed E-state index contributed by atoms with van der Waals surface area (Å²) in [5, 5.41) is 2.91. The predicted octanol–water partition coefficient (Wildman–Crippen LogP) is 3.29. The predicted molar refractivity (Wildman–Crippen MR) is 74.9 cm³/mol. The van der Waals surface area contributed by atoms with Crippen molar-refractivity contribution in [3.05, 3.63) is 29.0 Å². The molecule has 104 valence electrons. The van der Waals surface area contributed by atoms with E-state index in [1.165, 1.54) is 18.6 Å². The molecule has 1 fully saturated rings. The second-order valence-electron chi connectivity index (χ2n) is 4.99. The Labute approximate surface area is 117 Å². The second kappa shape index (κ2) is 6.35. The van der Waals surface area contributed by atoms with Crippen LogP contribution in [0.25, 0.3) is 0 Å². The molecule has 0 radical (unpaired) electrons. The van der Waals surface area contributed by atoms with E-state index in [0.29, 0.717) is 17.6 Å². The first-order chi connectivity index (χ1) is 9.06. The molecule has 5 heteroatoms. The molecule has 1 N–H and O–H groups in total. The van der Waals surface area contributed by atoms with Crippen molar-refractivity contribution < 1.29 is 9.18 Å². The molecule has 0 spiro atoms. The first kappa shape index (κ1) is 14.3. The monoisotopic (exact) mass is 284 g/mol. The molecule has 2 rings (SSSR count). The highest BCUT2D eigenvalue weighted by Gasteiger charge is 2.20. The molecule has 0 aromatic heterocycles. The van der Waals surface area contributed by atoms with Crippen LogP contribution < -0.4 is 5.32 Å². The van der Waals surface area contributed by atoms with E-state index in [1.807, 2.05) is 0 Å². The van der Waals surface area contributed by atoms with E-state index in [1.54, 1.807) is 6.07 Å². The summed E-state index contributed by atoms with van der Waals surface area (Å²) in [6, 6.07) is 4.65. The molecule has 1 aliphatic heterocycles. The molecule has 1 aliphatic rings. The Kier molecular flexibility index (Phi) is 4.77. The number of likely N-dealkylation sites (tertiary alicyclic amines) is 1. The van der Waals surface area contributed by atoms with Gasteiger partial charge in [0.25, 0.3) is 0 Å². The van der Waals surface area contributed by atoms with Crippen LogP contribution in [0.2, 0.25) is 5.02 Å². The van der Waals surface area contributed by atoms with Crippen LogP contribution in [0.15, 0.2) is 18.2 Å². The van der Waals surface area contributed by atoms with Gasteiger partial charge in [0, 0.05) is 11.1 Å². The lowest BCUT2D eigenvalue weighted by molar-refractivity contribution is -0.118. The third-order valence-electron chi connectivity index (χ3n) is 3.49. The number of nitrogens with one attached hydrogen (secondary N) is 1. The highest BCUT2D eigenvalue weighted by Crippen LogP contribution is 2.20. The largest absolute Gasteiger partial charge is 0.322 e. The number of rotatable bonds is 3. The van der Waals surface area contributed by atoms with E-state index in [9.17, 15) is 9.18 Å². The fourth-order valence-electron chi connectivity index (χ4n) is 2.36. The normalized spacial score (nSPS) is 20.3. The molecule has 1 aromatic rings. The quantitative estimate of drug-likeness (QED) is 0.924. The topological polar surface area (TPSA) is 32.3 Å². The molecule has 1 aromatic carbocycles. The Morgan fingerprint density at radius 2 is 2.32 bits per heavy atom. The molecule has 1 unspecified atom stereocenters. The number of halogens is 2. The maximum Gasteiger partial charge on any atom is 0.238 e. The number of hydrogen-bond acceptors (Lipinski definition) is 2. The van der Waals surface area contributed by atoms with Gasteiger partial charge in [0.05, 0.1) is 12.2 Å². The van der Waals surface area contributed by atoms with Crippen molar-refractivity contribution in [2.45, 2.75) is 32.2 Å². The van der Waals surface area contributed by atoms with Crippen LogP contribution in [-0.4, -0.2) is 29.9 Å². The standard InChI is InChI=1S/C14H18ClFN2O/c1-10-4-2-3-7-18(10)9-14(19)17-13-6-5-11(15)8-12(13)16/h5-6,8,10H,2-4,7,9H2,1H3,(H,17,19). The highest BCUT2D eigenvalue weighted by molar-refractivity contribution is 6.30. The Morgan fingerprint density at radius 1 is 1.53 bits per heavy atom. The van der Waals surface area contributed by atoms with Gasteiger partial charge < -0.3 is 5.32 Å². The Hall–Kier alpha value is -1.13. The molecule has 0 aliphatic carbocycles. The molecule has 1 atom stereocenters. The summed E-state index contributed by atoms with van der Waals surface area (Å²) in [5.74, 6) is -0.692. The van der Waals surface area contributed by atoms with Gasteiger partial charge in [-0.15, -0.1) is 0 Å². The number of amides is 1. The maximum absolute atomic E-state index is 13.6. The van der Waals surface area contributed by atoms with Crippen LogP contribution in [0.5, 0.6) is 0 Å². The van der Waals surface area contributed by atoms with Crippen molar-refractivity contribution in [3.63, 3.8) is 0 Å². The Bertz CT molecular complexity index is 467. The zero-order chi connectivity index (χ0) is 13.8. The van der Waals surface area contributed by atoms with E-state index >= 15 is 0 Å². The molecule has 1 heterocycles. The summed E-state index contributed by atoms with van der Waals surface area (Å²) in [7, 11) is 0. The summed E-state index contributed by atoms with van der Waals surface area (Å²) in [4.78, 5) is 14.0. The lowest BCUT2D eigenvalue weighted by Gasteiger charge is -2.32. The van der Waals surface area contributed by atoms with Gasteiger partial charge in [0.2, 0.25) is 5.91 Å². The summed E-state index contributed by atoms with van der Waals surface area (Å²) >= 11 is 5.67. The molecular weight excluding hydrogens is 267 g/mol. The zero-order valence-electron chi connectivity index (χ0n) is 11.0. The molecule has 3 nitrogen and oxygen atoms in total. The van der Waals surface area contributed by atoms with Gasteiger partial charge in [-0.3, -0.25) is 9.69 Å². The van der Waals surface area contributed by atoms with E-state index in [-0.39, 0.29) is 11.6 Å². The fraction of sp³-hybridized carbons (Fsp3) is 0.500. The van der Waals surface area contributed by atoms with Gasteiger partial charge in [-0.25, -0.2) is 4.39 Å². The Morgan fingerprint density at radius 3 is 3.00 bits per heavy atom. The average molecular weight is 285 g/mol. The molecule has 1 amide bonds. The van der Waals surface area contributed by atoms with Crippen LogP contribution in [0.4, 0.5) is 10.1 Å². The molecule has 0 bridgehead atoms. The third-order valence-corrected chi connectivity index (χ3v) is 3.73. The van der Waals surface area contributed by atoms with Crippen molar-refractivity contribution in [1.82, 2.24) is 4.90 Å². The summed E-state index contributed by atoms with van der Waals surface area (Å²) in [5.41, 5.74) is 0.180. The van der Waals surface area contributed by atoms with Crippen LogP contribution in [0, 0.1) is 5.82 Å². The van der Waals surface area contributed by atoms with Gasteiger partial charge in [-0.05, 0) is 44.5 Å². The number of nitrogens with zero attached hydrogens (tertiary/aromatic N) is 1. The van der Waals surface area contributed by atoms with Crippen molar-refractivity contribution in [1.29, 1.82) is 0 Å². The van der Waals surface area contributed by atoms with Crippen LogP contribution in [-0.2, 0) is 4.79 Å². The Balaban J connectivity index is 1.93. The maximum atomic E-state index is 13.6. The first-order valence-corrected chi connectivity index (χ1v) is 6.93. The van der Waals surface area contributed by atoms with Crippen molar-refractivity contribution in [2.24, 2.45) is 0 Å². The van der Waals surface area contributed by atoms with Crippen molar-refractivity contribution >= 4 is 23.2 Å². The van der Waals surface area contributed by atoms with Gasteiger partial charge in [0.15, 0.2) is 0 Å². The second-order valence-corrected chi connectivity index (χ2v) is 5.42. The highest BCUT2D eigenvalue weighted by atomic mass is 35.5. The van der Waals surface area contributed by atoms with Crippen LogP contribution >= 0.6 is 11.6 Å². The zero-order valence-corrected chi connectivity index (χ0v) is 11.7. The van der Waals surface area contributed by atoms with Crippen molar-refractivity contribution in [2.75, 3.05) is 18.4 Å². The van der Waals surface area contributed by atoms with Gasteiger partial charge >= 0.3 is 0 Å². The number of piperidine rings is 1. The third kappa shape index (κ3) is 3.91. The van der Waals surface area contributed by atoms with Crippen LogP contribution in [0.1, 0.15) is 26.2 Å². The van der Waals surface area contributed by atoms with E-state index < -0.39 is 5.82 Å². The molecule has 1 saturated heterocycles. The smallest absolute Gasteiger partial charge is 0.238 e. The first-order valence-electron chi connectivity index (χ1n) is 6.55. The van der Waals surface area contributed by atoms with Gasteiger partial charge in [-0.1, -0.05) is 18.0 Å². The lowest BCUT2D eigenvalue weighted by atomic mass is 10.0. The number of benzene rings is 1. The lowest BCUT2D eigenvalue weighted by Crippen LogP contribution is -2.42. The van der Waals surface area contributed by atoms with Crippen LogP contribution in [0.3, 0.4) is 0 Å². The van der Waals surface area contributed by atoms with Crippen molar-refractivity contribution in [3.8, 4) is 0 Å². The molecular formula is C14H18ClFN2O. The molecule has 0 saturated carbocycles. The number of carbonyl (C=O) groups excluding carboxylic acids is 1. The molecule has 19 heavy (non-hydrogen) atoms. The van der Waals surface area contributed by atoms with E-state index in [0.717, 1.165) is 19.4 Å². The summed E-state index contributed by atoms with van der Waals surface area (Å²) in [6.07, 6.45) is 3.45. The average Bonchev–Trinajstić information content (AvgIpc) is 2.36. The number of hydrogen-bond donors (Lipinski definition) is 1. The van der Waals surface area contributed by atoms with E-state index in [2.05, 4.69) is 17.1 Å².